The van der Waals surface area contributed by atoms with Gasteiger partial charge in [-0.1, -0.05) is 52.3 Å². The van der Waals surface area contributed by atoms with Gasteiger partial charge in [0.05, 0.1) is 57.4 Å². The second-order valence-electron chi connectivity index (χ2n) is 14.1. The first-order valence-corrected chi connectivity index (χ1v) is 18.2. The minimum absolute atomic E-state index is 0.111. The van der Waals surface area contributed by atoms with Crippen LogP contribution >= 0.6 is 15.9 Å². The van der Waals surface area contributed by atoms with Crippen LogP contribution in [0.5, 0.6) is 0 Å². The second-order valence-corrected chi connectivity index (χ2v) is 16.1. The number of aromatic nitrogens is 2. The van der Waals surface area contributed by atoms with Crippen molar-refractivity contribution in [2.75, 3.05) is 0 Å². The Hall–Kier alpha value is -6.68. The van der Waals surface area contributed by atoms with Crippen molar-refractivity contribution in [3.05, 3.63) is 154 Å². The summed E-state index contributed by atoms with van der Waals surface area (Å²) in [5.74, 6) is -0.501. The third-order valence-corrected chi connectivity index (χ3v) is 9.59. The lowest BCUT2D eigenvalue weighted by atomic mass is 9.92. The number of halogens is 7. The van der Waals surface area contributed by atoms with Gasteiger partial charge in [-0.15, -0.1) is 0 Å². The summed E-state index contributed by atoms with van der Waals surface area (Å²) in [7, 11) is 0. The monoisotopic (exact) mass is 870 g/mol. The average Bonchev–Trinajstić information content (AvgIpc) is 3.84. The van der Waals surface area contributed by atoms with Crippen molar-refractivity contribution < 1.29 is 35.9 Å². The molecule has 0 amide bonds. The summed E-state index contributed by atoms with van der Waals surface area (Å²) in [6.45, 7) is 20.3. The Morgan fingerprint density at radius 3 is 1.66 bits per heavy atom. The molecular weight excluding hydrogens is 838 g/mol. The molecule has 15 heteroatoms. The topological polar surface area (TPSA) is 111 Å². The molecule has 0 unspecified atom stereocenters. The molecule has 0 radical (unpaired) electrons. The largest absolute Gasteiger partial charge is 0.407 e. The van der Waals surface area contributed by atoms with Gasteiger partial charge in [-0.05, 0) is 87.4 Å². The molecule has 1 N–H and O–H groups in total. The van der Waals surface area contributed by atoms with E-state index in [0.29, 0.717) is 11.1 Å². The first-order chi connectivity index (χ1) is 27.5. The third-order valence-electron chi connectivity index (χ3n) is 9.15. The number of alkyl halides is 7. The van der Waals surface area contributed by atoms with E-state index in [1.807, 2.05) is 24.4 Å². The number of benzene rings is 4. The summed E-state index contributed by atoms with van der Waals surface area (Å²) in [6, 6.07) is 25.3. The summed E-state index contributed by atoms with van der Waals surface area (Å²) in [5, 5.41) is 19.5. The van der Waals surface area contributed by atoms with Crippen LogP contribution in [0.2, 0.25) is 0 Å². The average molecular weight is 872 g/mol. The number of carbonyl (C=O) groups excluding carboxylic acids is 2. The molecular formula is C44H33BrF6N6O2. The molecule has 0 aliphatic rings. The fourth-order valence-corrected chi connectivity index (χ4v) is 5.93. The molecule has 4 aromatic carbocycles. The Morgan fingerprint density at radius 1 is 0.695 bits per heavy atom. The zero-order valence-corrected chi connectivity index (χ0v) is 33.4. The quantitative estimate of drug-likeness (QED) is 0.0978. The smallest absolute Gasteiger partial charge is 0.361 e. The van der Waals surface area contributed by atoms with Gasteiger partial charge in [0, 0.05) is 47.0 Å². The highest BCUT2D eigenvalue weighted by Crippen LogP contribution is 2.39. The number of rotatable bonds is 7. The van der Waals surface area contributed by atoms with Gasteiger partial charge in [-0.3, -0.25) is 9.59 Å². The van der Waals surface area contributed by atoms with Crippen LogP contribution in [0.1, 0.15) is 61.1 Å². The molecule has 0 saturated carbocycles. The van der Waals surface area contributed by atoms with Crippen molar-refractivity contribution in [2.45, 2.75) is 62.8 Å². The van der Waals surface area contributed by atoms with Crippen LogP contribution in [0.4, 0.5) is 37.7 Å². The number of Topliss-reactive ketones (excluding diaryl/α,β-unsaturated/α-hetero) is 2. The van der Waals surface area contributed by atoms with Gasteiger partial charge >= 0.3 is 12.4 Å². The molecule has 8 nitrogen and oxygen atoms in total. The SMILES string of the molecule is N#Cc1ccc2[nH]ccc2c1.[C-]#[N+]c1ccc(CC(=O)C(C)(C)Br)cc1C(F)(F)F.[C-]#[N+]c1ccc(CC(=O)C(C)(C)n2ccc3cc(C#N)ccc32)cc1C(F)(F)F. The minimum Gasteiger partial charge on any atom is -0.361 e. The van der Waals surface area contributed by atoms with E-state index in [0.717, 1.165) is 46.1 Å². The third kappa shape index (κ3) is 11.0. The fourth-order valence-electron chi connectivity index (χ4n) is 5.79. The predicted molar refractivity (Wildman–Crippen MR) is 215 cm³/mol. The number of aromatic amines is 1. The van der Waals surface area contributed by atoms with Crippen molar-refractivity contribution in [1.82, 2.24) is 9.55 Å². The molecule has 0 atom stereocenters. The summed E-state index contributed by atoms with van der Waals surface area (Å²) in [5.41, 5.74) is -0.525. The highest BCUT2D eigenvalue weighted by molar-refractivity contribution is 9.10. The van der Waals surface area contributed by atoms with E-state index in [4.69, 9.17) is 23.7 Å². The van der Waals surface area contributed by atoms with Crippen LogP contribution in [0.3, 0.4) is 0 Å². The zero-order valence-electron chi connectivity index (χ0n) is 31.9. The van der Waals surface area contributed by atoms with Crippen LogP contribution in [0.15, 0.2) is 97.3 Å². The molecule has 0 aliphatic carbocycles. The fraction of sp³-hybridized carbons (Fsp3) is 0.227. The molecule has 0 spiro atoms. The van der Waals surface area contributed by atoms with Gasteiger partial charge in [-0.2, -0.15) is 36.9 Å². The molecule has 2 heterocycles. The van der Waals surface area contributed by atoms with E-state index >= 15 is 0 Å². The summed E-state index contributed by atoms with van der Waals surface area (Å²) in [6.07, 6.45) is -5.98. The molecule has 0 aliphatic heterocycles. The normalized spacial score (nSPS) is 11.5. The predicted octanol–water partition coefficient (Wildman–Crippen LogP) is 12.2. The maximum atomic E-state index is 13.2. The lowest BCUT2D eigenvalue weighted by Crippen LogP contribution is -2.36. The van der Waals surface area contributed by atoms with E-state index < -0.39 is 44.7 Å². The van der Waals surface area contributed by atoms with Gasteiger partial charge in [0.25, 0.3) is 0 Å². The van der Waals surface area contributed by atoms with Crippen molar-refractivity contribution in [2.24, 2.45) is 0 Å². The zero-order chi connectivity index (χ0) is 43.9. The number of carbonyl (C=O) groups is 2. The van der Waals surface area contributed by atoms with Gasteiger partial charge in [0.2, 0.25) is 0 Å². The van der Waals surface area contributed by atoms with E-state index in [2.05, 4.69) is 42.7 Å². The maximum absolute atomic E-state index is 13.2. The van der Waals surface area contributed by atoms with Crippen molar-refractivity contribution in [3.63, 3.8) is 0 Å². The number of hydrogen-bond acceptors (Lipinski definition) is 4. The number of nitrogens with one attached hydrogen (secondary N) is 1. The number of nitrogens with zero attached hydrogens (tertiary/aromatic N) is 5. The van der Waals surface area contributed by atoms with E-state index in [1.54, 1.807) is 68.8 Å². The van der Waals surface area contributed by atoms with Crippen LogP contribution in [-0.2, 0) is 40.3 Å². The van der Waals surface area contributed by atoms with Gasteiger partial charge < -0.3 is 9.55 Å². The van der Waals surface area contributed by atoms with Crippen molar-refractivity contribution in [1.29, 1.82) is 10.5 Å². The molecule has 300 valence electrons. The Kier molecular flexibility index (Phi) is 13.6. The van der Waals surface area contributed by atoms with Crippen molar-refractivity contribution in [3.8, 4) is 12.1 Å². The second kappa shape index (κ2) is 17.9. The summed E-state index contributed by atoms with van der Waals surface area (Å²) < 4.78 is 78.8. The molecule has 0 saturated heterocycles. The molecule has 59 heavy (non-hydrogen) atoms. The Balaban J connectivity index is 0.000000218. The van der Waals surface area contributed by atoms with Gasteiger partial charge in [0.15, 0.2) is 22.9 Å². The molecule has 2 aromatic heterocycles. The minimum atomic E-state index is -4.66. The number of fused-ring (bicyclic) bond motifs is 2. The van der Waals surface area contributed by atoms with E-state index in [-0.39, 0.29) is 35.5 Å². The number of ketones is 2. The molecule has 0 bridgehead atoms. The van der Waals surface area contributed by atoms with Crippen LogP contribution in [-0.4, -0.2) is 25.4 Å². The molecule has 6 rings (SSSR count). The summed E-state index contributed by atoms with van der Waals surface area (Å²) in [4.78, 5) is 33.6. The lowest BCUT2D eigenvalue weighted by Gasteiger charge is -2.27. The number of nitriles is 2. The Morgan fingerprint density at radius 2 is 1.19 bits per heavy atom. The first-order valence-electron chi connectivity index (χ1n) is 17.4. The highest BCUT2D eigenvalue weighted by Gasteiger charge is 2.36. The molecule has 6 aromatic rings. The number of hydrogen-bond donors (Lipinski definition) is 1. The summed E-state index contributed by atoms with van der Waals surface area (Å²) >= 11 is 3.17. The van der Waals surface area contributed by atoms with E-state index in [1.165, 1.54) is 12.1 Å². The Labute approximate surface area is 344 Å². The standard InChI is InChI=1S/C22H16F3N3O.C13H11BrF3NO.C9H6N2/c1-21(2,28-9-8-16-10-15(13-26)5-7-19(16)28)20(29)12-14-4-6-18(27-3)17(11-14)22(23,24)25;1-12(2,14)11(19)7-8-4-5-10(18-3)9(6-8)13(15,16)17;10-6-7-1-2-9-8(5-7)3-4-11-9/h4-11H,12H2,1-2H3;4-6H,7H2,1-2H3;1-5,11H. The van der Waals surface area contributed by atoms with Crippen molar-refractivity contribution >= 4 is 60.7 Å². The van der Waals surface area contributed by atoms with Crippen LogP contribution in [0.25, 0.3) is 31.5 Å². The van der Waals surface area contributed by atoms with E-state index in [9.17, 15) is 35.9 Å². The number of H-pyrrole nitrogens is 1. The Bertz CT molecular complexity index is 2710. The van der Waals surface area contributed by atoms with Crippen LogP contribution in [0, 0.1) is 35.8 Å². The maximum Gasteiger partial charge on any atom is 0.407 e. The van der Waals surface area contributed by atoms with Crippen LogP contribution < -0.4 is 0 Å². The molecule has 0 fully saturated rings. The highest BCUT2D eigenvalue weighted by atomic mass is 79.9. The van der Waals surface area contributed by atoms with Gasteiger partial charge in [0.1, 0.15) is 0 Å². The lowest BCUT2D eigenvalue weighted by molar-refractivity contribution is -0.137. The van der Waals surface area contributed by atoms with Gasteiger partial charge in [-0.25, -0.2) is 9.69 Å². The first kappa shape index (κ1) is 45.0.